The first-order chi connectivity index (χ1) is 12.7. The summed E-state index contributed by atoms with van der Waals surface area (Å²) in [7, 11) is 0. The van der Waals surface area contributed by atoms with Crippen LogP contribution in [-0.4, -0.2) is 40.6 Å². The van der Waals surface area contributed by atoms with Crippen LogP contribution >= 0.6 is 0 Å². The molecule has 5 saturated carbocycles. The van der Waals surface area contributed by atoms with Crippen LogP contribution in [0.4, 0.5) is 4.79 Å². The van der Waals surface area contributed by atoms with E-state index < -0.39 is 0 Å². The third-order valence-electron chi connectivity index (χ3n) is 8.75. The van der Waals surface area contributed by atoms with Crippen molar-refractivity contribution in [1.29, 1.82) is 0 Å². The maximum Gasteiger partial charge on any atom is 0.315 e. The Balaban J connectivity index is 1.09. The minimum Gasteiger partial charge on any atom is -0.335 e. The molecule has 5 aliphatic carbocycles. The fourth-order valence-electron chi connectivity index (χ4n) is 8.23. The summed E-state index contributed by atoms with van der Waals surface area (Å²) >= 11 is 0. The van der Waals surface area contributed by atoms with Gasteiger partial charge >= 0.3 is 6.03 Å². The zero-order valence-electron chi connectivity index (χ0n) is 16.1. The molecule has 0 aromatic rings. The van der Waals surface area contributed by atoms with Gasteiger partial charge < -0.3 is 10.6 Å². The summed E-state index contributed by atoms with van der Waals surface area (Å²) in [5.41, 5.74) is 0.142. The Bertz CT molecular complexity index is 537. The maximum absolute atomic E-state index is 12.9. The number of amides is 2. The van der Waals surface area contributed by atoms with Gasteiger partial charge in [0.15, 0.2) is 0 Å². The topological polar surface area (TPSA) is 44.4 Å². The zero-order valence-corrected chi connectivity index (χ0v) is 16.1. The maximum atomic E-state index is 12.9. The summed E-state index contributed by atoms with van der Waals surface area (Å²) < 4.78 is 0. The summed E-state index contributed by atoms with van der Waals surface area (Å²) in [6.45, 7) is 0. The molecule has 26 heavy (non-hydrogen) atoms. The van der Waals surface area contributed by atoms with Crippen LogP contribution < -0.4 is 10.6 Å². The Morgan fingerprint density at radius 3 is 1.88 bits per heavy atom. The minimum absolute atomic E-state index is 0.142. The lowest BCUT2D eigenvalue weighted by atomic mass is 9.53. The number of carbonyl (C=O) groups is 1. The van der Waals surface area contributed by atoms with Gasteiger partial charge in [-0.2, -0.15) is 0 Å². The van der Waals surface area contributed by atoms with Gasteiger partial charge in [-0.25, -0.2) is 4.79 Å². The summed E-state index contributed by atoms with van der Waals surface area (Å²) in [5, 5.41) is 6.95. The van der Waals surface area contributed by atoms with Gasteiger partial charge in [-0.3, -0.25) is 4.90 Å². The van der Waals surface area contributed by atoms with Crippen molar-refractivity contribution in [3.63, 3.8) is 0 Å². The molecule has 2 saturated heterocycles. The van der Waals surface area contributed by atoms with Crippen LogP contribution in [0.25, 0.3) is 0 Å². The molecule has 7 fully saturated rings. The molecule has 2 N–H and O–H groups in total. The number of carbonyl (C=O) groups excluding carboxylic acids is 1. The van der Waals surface area contributed by atoms with Gasteiger partial charge in [0.05, 0.1) is 0 Å². The van der Waals surface area contributed by atoms with Gasteiger partial charge in [-0.05, 0) is 94.8 Å². The average Bonchev–Trinajstić information content (AvgIpc) is 3.36. The molecule has 0 radical (unpaired) electrons. The van der Waals surface area contributed by atoms with Gasteiger partial charge in [0.25, 0.3) is 0 Å². The van der Waals surface area contributed by atoms with E-state index >= 15 is 0 Å². The summed E-state index contributed by atoms with van der Waals surface area (Å²) in [5.74, 6) is 2.67. The van der Waals surface area contributed by atoms with E-state index in [0.717, 1.165) is 35.9 Å². The van der Waals surface area contributed by atoms with Gasteiger partial charge in [0, 0.05) is 29.7 Å². The lowest BCUT2D eigenvalue weighted by Gasteiger charge is -2.57. The van der Waals surface area contributed by atoms with Crippen molar-refractivity contribution < 1.29 is 4.79 Å². The summed E-state index contributed by atoms with van der Waals surface area (Å²) in [4.78, 5) is 15.8. The Hall–Kier alpha value is -0.770. The molecule has 144 valence electrons. The second-order valence-corrected chi connectivity index (χ2v) is 10.9. The molecule has 1 unspecified atom stereocenters. The molecular weight excluding hydrogens is 322 g/mol. The number of urea groups is 1. The number of nitrogens with zero attached hydrogens (tertiary/aromatic N) is 1. The molecule has 6 bridgehead atoms. The fraction of sp³-hybridized carbons (Fsp3) is 0.955. The molecular formula is C22H35N3O. The second kappa shape index (κ2) is 5.86. The molecule has 0 spiro atoms. The third kappa shape index (κ3) is 2.78. The van der Waals surface area contributed by atoms with Crippen molar-refractivity contribution in [2.45, 2.75) is 113 Å². The first kappa shape index (κ1) is 16.2. The van der Waals surface area contributed by atoms with Gasteiger partial charge in [-0.15, -0.1) is 0 Å². The molecule has 7 rings (SSSR count). The smallest absolute Gasteiger partial charge is 0.315 e. The van der Waals surface area contributed by atoms with E-state index in [1.807, 2.05) is 0 Å². The predicted molar refractivity (Wildman–Crippen MR) is 102 cm³/mol. The van der Waals surface area contributed by atoms with Gasteiger partial charge in [-0.1, -0.05) is 6.42 Å². The molecule has 7 aliphatic rings. The van der Waals surface area contributed by atoms with Crippen LogP contribution in [0.15, 0.2) is 0 Å². The van der Waals surface area contributed by atoms with E-state index in [2.05, 4.69) is 15.5 Å². The Morgan fingerprint density at radius 2 is 1.35 bits per heavy atom. The van der Waals surface area contributed by atoms with Crippen molar-refractivity contribution in [1.82, 2.24) is 15.5 Å². The van der Waals surface area contributed by atoms with Crippen LogP contribution in [0.5, 0.6) is 0 Å². The van der Waals surface area contributed by atoms with Crippen molar-refractivity contribution in [2.75, 3.05) is 0 Å². The third-order valence-corrected chi connectivity index (χ3v) is 8.75. The molecule has 0 aromatic heterocycles. The van der Waals surface area contributed by atoms with Crippen LogP contribution in [-0.2, 0) is 0 Å². The van der Waals surface area contributed by atoms with E-state index in [4.69, 9.17) is 0 Å². The first-order valence-electron chi connectivity index (χ1n) is 11.5. The summed E-state index contributed by atoms with van der Waals surface area (Å²) in [6, 6.07) is 2.90. The lowest BCUT2D eigenvalue weighted by Crippen LogP contribution is -2.63. The molecule has 3 atom stereocenters. The number of hydrogen-bond acceptors (Lipinski definition) is 2. The highest BCUT2D eigenvalue weighted by molar-refractivity contribution is 5.75. The van der Waals surface area contributed by atoms with E-state index in [1.165, 1.54) is 83.5 Å². The van der Waals surface area contributed by atoms with Gasteiger partial charge in [0.1, 0.15) is 0 Å². The molecule has 4 nitrogen and oxygen atoms in total. The van der Waals surface area contributed by atoms with E-state index in [9.17, 15) is 4.79 Å². The quantitative estimate of drug-likeness (QED) is 0.807. The van der Waals surface area contributed by atoms with E-state index in [-0.39, 0.29) is 11.6 Å². The standard InChI is InChI=1S/C22H35N3O/c26-21(24-22-11-14-6-15(12-22)8-16(7-14)13-22)23-17-9-19-2-1-3-20(10-17)25(19)18-4-5-18/h14-20H,1-13H2,(H2,23,24,26)/t14?,15?,16?,17?,19-,20+,22?. The normalized spacial score (nSPS) is 49.8. The Morgan fingerprint density at radius 1 is 0.769 bits per heavy atom. The molecule has 4 heteroatoms. The zero-order chi connectivity index (χ0) is 17.3. The SMILES string of the molecule is O=C(NC1C[C@H]2CCC[C@@H](C1)N2C1CC1)NC12CC3CC(CC(C3)C1)C2. The van der Waals surface area contributed by atoms with Crippen LogP contribution in [0.1, 0.15) is 83.5 Å². The highest BCUT2D eigenvalue weighted by Crippen LogP contribution is 2.55. The minimum atomic E-state index is 0.142. The molecule has 0 aromatic carbocycles. The largest absolute Gasteiger partial charge is 0.335 e. The number of rotatable bonds is 3. The highest BCUT2D eigenvalue weighted by atomic mass is 16.2. The predicted octanol–water partition coefficient (Wildman–Crippen LogP) is 3.80. The average molecular weight is 358 g/mol. The molecule has 2 heterocycles. The van der Waals surface area contributed by atoms with Crippen molar-refractivity contribution in [3.05, 3.63) is 0 Å². The van der Waals surface area contributed by atoms with Gasteiger partial charge in [0.2, 0.25) is 0 Å². The fourth-order valence-corrected chi connectivity index (χ4v) is 8.23. The highest BCUT2D eigenvalue weighted by Gasteiger charge is 2.52. The van der Waals surface area contributed by atoms with Crippen LogP contribution in [0, 0.1) is 17.8 Å². The number of piperidine rings is 2. The van der Waals surface area contributed by atoms with Crippen molar-refractivity contribution in [3.8, 4) is 0 Å². The van der Waals surface area contributed by atoms with Crippen molar-refractivity contribution in [2.24, 2.45) is 17.8 Å². The number of fused-ring (bicyclic) bond motifs is 2. The number of hydrogen-bond donors (Lipinski definition) is 2. The first-order valence-corrected chi connectivity index (χ1v) is 11.5. The Kier molecular flexibility index (Phi) is 3.65. The monoisotopic (exact) mass is 357 g/mol. The molecule has 2 amide bonds. The summed E-state index contributed by atoms with van der Waals surface area (Å²) in [6.07, 6.45) is 17.3. The Labute approximate surface area is 157 Å². The van der Waals surface area contributed by atoms with Crippen molar-refractivity contribution >= 4 is 6.03 Å². The molecule has 2 aliphatic heterocycles. The van der Waals surface area contributed by atoms with Crippen LogP contribution in [0.2, 0.25) is 0 Å². The van der Waals surface area contributed by atoms with E-state index in [1.54, 1.807) is 0 Å². The second-order valence-electron chi connectivity index (χ2n) is 10.9. The van der Waals surface area contributed by atoms with Crippen LogP contribution in [0.3, 0.4) is 0 Å². The number of nitrogens with one attached hydrogen (secondary N) is 2. The van der Waals surface area contributed by atoms with E-state index in [0.29, 0.717) is 6.04 Å². The lowest BCUT2D eigenvalue weighted by molar-refractivity contribution is -0.0146.